The summed E-state index contributed by atoms with van der Waals surface area (Å²) in [5, 5.41) is 0. The Labute approximate surface area is 113 Å². The third-order valence-corrected chi connectivity index (χ3v) is 3.58. The smallest absolute Gasteiger partial charge is 0.306 e. The molecule has 0 aromatic heterocycles. The van der Waals surface area contributed by atoms with Crippen LogP contribution in [-0.4, -0.2) is 27.2 Å². The van der Waals surface area contributed by atoms with Crippen molar-refractivity contribution in [1.29, 1.82) is 0 Å². The Morgan fingerprint density at radius 3 is 2.60 bits per heavy atom. The Hall–Kier alpha value is -1.77. The van der Waals surface area contributed by atoms with Crippen LogP contribution >= 0.6 is 0 Å². The number of methoxy groups -OCH3 is 1. The van der Waals surface area contributed by atoms with Crippen molar-refractivity contribution >= 4 is 21.7 Å². The Balaban J connectivity index is 2.86. The van der Waals surface area contributed by atoms with Crippen molar-refractivity contribution in [2.45, 2.75) is 12.8 Å². The molecule has 0 bridgehead atoms. The molecule has 0 amide bonds. The summed E-state index contributed by atoms with van der Waals surface area (Å²) in [5.74, 6) is -2.38. The van der Waals surface area contributed by atoms with Gasteiger partial charge in [0, 0.05) is 5.56 Å². The molecule has 0 spiro atoms. The van der Waals surface area contributed by atoms with Crippen LogP contribution in [0, 0.1) is 5.82 Å². The molecule has 112 valence electrons. The lowest BCUT2D eigenvalue weighted by Crippen LogP contribution is -2.20. The van der Waals surface area contributed by atoms with Gasteiger partial charge in [-0.1, -0.05) is 6.07 Å². The number of halogens is 3. The van der Waals surface area contributed by atoms with Gasteiger partial charge < -0.3 is 4.74 Å². The number of ether oxygens (including phenoxy) is 1. The molecule has 9 heteroatoms. The molecule has 0 heterocycles. The average molecular weight is 311 g/mol. The topological polar surface area (TPSA) is 72.5 Å². The Morgan fingerprint density at radius 1 is 1.40 bits per heavy atom. The SMILES string of the molecule is COC(=O)CCS(=O)(=O)Nc1cc(C(F)F)ccc1F. The minimum Gasteiger partial charge on any atom is -0.469 e. The van der Waals surface area contributed by atoms with E-state index in [1.54, 1.807) is 0 Å². The van der Waals surface area contributed by atoms with Gasteiger partial charge in [-0.25, -0.2) is 21.6 Å². The number of sulfonamides is 1. The maximum absolute atomic E-state index is 13.4. The molecule has 1 aromatic carbocycles. The average Bonchev–Trinajstić information content (AvgIpc) is 2.38. The first-order valence-corrected chi connectivity index (χ1v) is 7.05. The predicted molar refractivity (Wildman–Crippen MR) is 65.4 cm³/mol. The zero-order valence-corrected chi connectivity index (χ0v) is 11.2. The number of rotatable bonds is 6. The van der Waals surface area contributed by atoms with Crippen LogP contribution in [-0.2, 0) is 19.6 Å². The van der Waals surface area contributed by atoms with Gasteiger partial charge in [0.15, 0.2) is 0 Å². The minimum absolute atomic E-state index is 0.429. The van der Waals surface area contributed by atoms with E-state index in [1.807, 2.05) is 4.72 Å². The van der Waals surface area contributed by atoms with Crippen LogP contribution in [0.5, 0.6) is 0 Å². The summed E-state index contributed by atoms with van der Waals surface area (Å²) in [6.07, 6.45) is -3.28. The van der Waals surface area contributed by atoms with Crippen LogP contribution in [0.3, 0.4) is 0 Å². The third kappa shape index (κ3) is 4.72. The molecule has 0 radical (unpaired) electrons. The van der Waals surface area contributed by atoms with E-state index in [9.17, 15) is 26.4 Å². The second-order valence-corrected chi connectivity index (χ2v) is 5.63. The molecule has 1 aromatic rings. The monoisotopic (exact) mass is 311 g/mol. The van der Waals surface area contributed by atoms with Crippen molar-refractivity contribution < 1.29 is 31.1 Å². The first-order chi connectivity index (χ1) is 9.25. The van der Waals surface area contributed by atoms with Gasteiger partial charge in [0.1, 0.15) is 5.82 Å². The maximum atomic E-state index is 13.4. The van der Waals surface area contributed by atoms with Gasteiger partial charge in [-0.3, -0.25) is 9.52 Å². The second-order valence-electron chi connectivity index (χ2n) is 3.79. The molecule has 0 saturated carbocycles. The van der Waals surface area contributed by atoms with E-state index in [4.69, 9.17) is 0 Å². The molecule has 0 aliphatic carbocycles. The van der Waals surface area contributed by atoms with Gasteiger partial charge in [0.05, 0.1) is 25.0 Å². The quantitative estimate of drug-likeness (QED) is 0.816. The van der Waals surface area contributed by atoms with Crippen molar-refractivity contribution in [2.75, 3.05) is 17.6 Å². The molecule has 1 rings (SSSR count). The fraction of sp³-hybridized carbons (Fsp3) is 0.364. The minimum atomic E-state index is -4.04. The fourth-order valence-corrected chi connectivity index (χ4v) is 2.32. The molecular weight excluding hydrogens is 299 g/mol. The summed E-state index contributed by atoms with van der Waals surface area (Å²) in [5.41, 5.74) is -1.11. The van der Waals surface area contributed by atoms with E-state index in [0.29, 0.717) is 6.07 Å². The molecule has 1 N–H and O–H groups in total. The number of carbonyl (C=O) groups is 1. The lowest BCUT2D eigenvalue weighted by molar-refractivity contribution is -0.140. The molecular formula is C11H12F3NO4S. The van der Waals surface area contributed by atoms with Crippen LogP contribution in [0.15, 0.2) is 18.2 Å². The highest BCUT2D eigenvalue weighted by molar-refractivity contribution is 7.92. The van der Waals surface area contributed by atoms with Gasteiger partial charge in [-0.05, 0) is 12.1 Å². The number of esters is 1. The van der Waals surface area contributed by atoms with Crippen molar-refractivity contribution in [3.63, 3.8) is 0 Å². The van der Waals surface area contributed by atoms with Crippen LogP contribution in [0.2, 0.25) is 0 Å². The summed E-state index contributed by atoms with van der Waals surface area (Å²) in [6.45, 7) is 0. The number of alkyl halides is 2. The Morgan fingerprint density at radius 2 is 2.05 bits per heavy atom. The van der Waals surface area contributed by atoms with Crippen molar-refractivity contribution in [1.82, 2.24) is 0 Å². The summed E-state index contributed by atoms with van der Waals surface area (Å²) >= 11 is 0. The Kier molecular flexibility index (Phi) is 5.37. The van der Waals surface area contributed by atoms with E-state index in [1.165, 1.54) is 0 Å². The highest BCUT2D eigenvalue weighted by atomic mass is 32.2. The summed E-state index contributed by atoms with van der Waals surface area (Å²) in [4.78, 5) is 10.8. The molecule has 0 fully saturated rings. The van der Waals surface area contributed by atoms with E-state index < -0.39 is 51.7 Å². The highest BCUT2D eigenvalue weighted by Crippen LogP contribution is 2.24. The number of benzene rings is 1. The van der Waals surface area contributed by atoms with Crippen molar-refractivity contribution in [3.05, 3.63) is 29.6 Å². The largest absolute Gasteiger partial charge is 0.469 e. The number of carbonyl (C=O) groups excluding carboxylic acids is 1. The first kappa shape index (κ1) is 16.3. The molecule has 5 nitrogen and oxygen atoms in total. The predicted octanol–water partition coefficient (Wildman–Crippen LogP) is 2.07. The zero-order valence-electron chi connectivity index (χ0n) is 10.4. The van der Waals surface area contributed by atoms with E-state index in [2.05, 4.69) is 4.74 Å². The summed E-state index contributed by atoms with van der Waals surface area (Å²) < 4.78 is 67.5. The van der Waals surface area contributed by atoms with Gasteiger partial charge in [0.2, 0.25) is 10.0 Å². The molecule has 0 aliphatic heterocycles. The van der Waals surface area contributed by atoms with E-state index in [0.717, 1.165) is 19.2 Å². The number of anilines is 1. The van der Waals surface area contributed by atoms with Crippen LogP contribution in [0.1, 0.15) is 18.4 Å². The van der Waals surface area contributed by atoms with Crippen molar-refractivity contribution in [2.24, 2.45) is 0 Å². The van der Waals surface area contributed by atoms with Crippen LogP contribution < -0.4 is 4.72 Å². The van der Waals surface area contributed by atoms with Crippen molar-refractivity contribution in [3.8, 4) is 0 Å². The normalized spacial score (nSPS) is 11.4. The van der Waals surface area contributed by atoms with E-state index in [-0.39, 0.29) is 0 Å². The van der Waals surface area contributed by atoms with Gasteiger partial charge >= 0.3 is 5.97 Å². The fourth-order valence-electron chi connectivity index (χ4n) is 1.30. The molecule has 0 unspecified atom stereocenters. The van der Waals surface area contributed by atoms with Crippen LogP contribution in [0.25, 0.3) is 0 Å². The highest BCUT2D eigenvalue weighted by Gasteiger charge is 2.17. The third-order valence-electron chi connectivity index (χ3n) is 2.31. The maximum Gasteiger partial charge on any atom is 0.306 e. The Bertz CT molecular complexity index is 589. The molecule has 20 heavy (non-hydrogen) atoms. The second kappa shape index (κ2) is 6.60. The van der Waals surface area contributed by atoms with Gasteiger partial charge in [-0.2, -0.15) is 0 Å². The standard InChI is InChI=1S/C11H12F3NO4S/c1-19-10(16)4-5-20(17,18)15-9-6-7(11(13)14)2-3-8(9)12/h2-3,6,11,15H,4-5H2,1H3. The summed E-state index contributed by atoms with van der Waals surface area (Å²) in [6, 6.07) is 2.29. The van der Waals surface area contributed by atoms with Gasteiger partial charge in [-0.15, -0.1) is 0 Å². The lowest BCUT2D eigenvalue weighted by atomic mass is 10.2. The lowest BCUT2D eigenvalue weighted by Gasteiger charge is -2.10. The molecule has 0 aliphatic rings. The first-order valence-electron chi connectivity index (χ1n) is 5.40. The molecule has 0 atom stereocenters. The number of hydrogen-bond donors (Lipinski definition) is 1. The van der Waals surface area contributed by atoms with E-state index >= 15 is 0 Å². The number of hydrogen-bond acceptors (Lipinski definition) is 4. The van der Waals surface area contributed by atoms with Crippen LogP contribution in [0.4, 0.5) is 18.9 Å². The molecule has 0 saturated heterocycles. The van der Waals surface area contributed by atoms with Gasteiger partial charge in [0.25, 0.3) is 6.43 Å². The zero-order chi connectivity index (χ0) is 15.3. The number of nitrogens with one attached hydrogen (secondary N) is 1. The summed E-state index contributed by atoms with van der Waals surface area (Å²) in [7, 11) is -2.95.